The molecule has 1 aromatic heterocycles. The zero-order valence-corrected chi connectivity index (χ0v) is 13.4. The first-order chi connectivity index (χ1) is 8.58. The fourth-order valence-corrected chi connectivity index (χ4v) is 3.89. The molecule has 0 bridgehead atoms. The van der Waals surface area contributed by atoms with Crippen LogP contribution in [0.4, 0.5) is 0 Å². The molecule has 1 aliphatic rings. The minimum absolute atomic E-state index is 0.000417. The summed E-state index contributed by atoms with van der Waals surface area (Å²) in [5, 5.41) is 0.664. The summed E-state index contributed by atoms with van der Waals surface area (Å²) in [7, 11) is 0. The predicted molar refractivity (Wildman–Crippen MR) is 81.7 cm³/mol. The van der Waals surface area contributed by atoms with E-state index < -0.39 is 0 Å². The normalized spacial score (nSPS) is 15.9. The van der Waals surface area contributed by atoms with E-state index >= 15 is 0 Å². The standard InChI is InChI=1S/C12H10Br2N2OS/c13-6-4-8-10(9(14)5-6)15-12(18)16(11(8)17)7-2-1-3-7/h4-5,7H,1-3H2,(H,15,18). The molecule has 1 N–H and O–H groups in total. The third-order valence-electron chi connectivity index (χ3n) is 3.39. The van der Waals surface area contributed by atoms with Gasteiger partial charge in [-0.1, -0.05) is 15.9 Å². The number of hydrogen-bond donors (Lipinski definition) is 1. The average Bonchev–Trinajstić information content (AvgIpc) is 2.23. The second-order valence-corrected chi connectivity index (χ2v) is 6.66. The van der Waals surface area contributed by atoms with E-state index in [0.717, 1.165) is 27.3 Å². The number of halogens is 2. The number of hydrogen-bond acceptors (Lipinski definition) is 2. The Morgan fingerprint density at radius 3 is 2.67 bits per heavy atom. The number of rotatable bonds is 1. The van der Waals surface area contributed by atoms with Crippen LogP contribution in [0.2, 0.25) is 0 Å². The van der Waals surface area contributed by atoms with Gasteiger partial charge in [0, 0.05) is 15.0 Å². The van der Waals surface area contributed by atoms with Gasteiger partial charge in [-0.3, -0.25) is 9.36 Å². The summed E-state index contributed by atoms with van der Waals surface area (Å²) < 4.78 is 3.96. The van der Waals surface area contributed by atoms with E-state index in [1.807, 2.05) is 12.1 Å². The number of benzene rings is 1. The number of nitrogens with zero attached hydrogens (tertiary/aromatic N) is 1. The quantitative estimate of drug-likeness (QED) is 0.738. The fourth-order valence-electron chi connectivity index (χ4n) is 2.24. The van der Waals surface area contributed by atoms with Crippen LogP contribution in [-0.2, 0) is 0 Å². The van der Waals surface area contributed by atoms with Crippen molar-refractivity contribution in [1.29, 1.82) is 0 Å². The predicted octanol–water partition coefficient (Wildman–Crippen LogP) is 4.31. The van der Waals surface area contributed by atoms with Gasteiger partial charge in [0.2, 0.25) is 0 Å². The molecule has 0 atom stereocenters. The van der Waals surface area contributed by atoms with Gasteiger partial charge < -0.3 is 4.98 Å². The van der Waals surface area contributed by atoms with Crippen LogP contribution in [0, 0.1) is 4.77 Å². The molecule has 0 spiro atoms. The van der Waals surface area contributed by atoms with Crippen LogP contribution in [0.1, 0.15) is 25.3 Å². The first-order valence-electron chi connectivity index (χ1n) is 5.71. The van der Waals surface area contributed by atoms with Crippen molar-refractivity contribution in [2.45, 2.75) is 25.3 Å². The first-order valence-corrected chi connectivity index (χ1v) is 7.71. The highest BCUT2D eigenvalue weighted by Gasteiger charge is 2.22. The summed E-state index contributed by atoms with van der Waals surface area (Å²) in [6.45, 7) is 0. The van der Waals surface area contributed by atoms with Gasteiger partial charge in [-0.05, 0) is 59.5 Å². The summed E-state index contributed by atoms with van der Waals surface area (Å²) in [5.74, 6) is 0. The van der Waals surface area contributed by atoms with Crippen molar-refractivity contribution in [2.75, 3.05) is 0 Å². The molecule has 1 aliphatic carbocycles. The van der Waals surface area contributed by atoms with E-state index in [1.165, 1.54) is 6.42 Å². The number of fused-ring (bicyclic) bond motifs is 1. The first kappa shape index (κ1) is 12.6. The molecule has 2 aromatic rings. The second kappa shape index (κ2) is 4.58. The Labute approximate surface area is 125 Å². The molecule has 1 aromatic carbocycles. The molecule has 0 saturated heterocycles. The van der Waals surface area contributed by atoms with E-state index in [4.69, 9.17) is 12.2 Å². The van der Waals surface area contributed by atoms with Crippen LogP contribution in [0.3, 0.4) is 0 Å². The van der Waals surface area contributed by atoms with Gasteiger partial charge in [0.25, 0.3) is 5.56 Å². The maximum absolute atomic E-state index is 12.5. The Hall–Kier alpha value is -0.460. The van der Waals surface area contributed by atoms with E-state index in [1.54, 1.807) is 4.57 Å². The van der Waals surface area contributed by atoms with Crippen LogP contribution < -0.4 is 5.56 Å². The molecule has 1 saturated carbocycles. The van der Waals surface area contributed by atoms with Crippen molar-refractivity contribution in [3.63, 3.8) is 0 Å². The molecular weight excluding hydrogens is 380 g/mol. The Balaban J connectivity index is 2.40. The highest BCUT2D eigenvalue weighted by atomic mass is 79.9. The lowest BCUT2D eigenvalue weighted by Crippen LogP contribution is -2.30. The molecule has 18 heavy (non-hydrogen) atoms. The summed E-state index contributed by atoms with van der Waals surface area (Å²) >= 11 is 12.2. The van der Waals surface area contributed by atoms with Crippen molar-refractivity contribution in [3.8, 4) is 0 Å². The third kappa shape index (κ3) is 1.90. The van der Waals surface area contributed by atoms with Gasteiger partial charge in [-0.15, -0.1) is 0 Å². The highest BCUT2D eigenvalue weighted by Crippen LogP contribution is 2.31. The summed E-state index contributed by atoms with van der Waals surface area (Å²) in [4.78, 5) is 15.7. The number of aromatic amines is 1. The zero-order valence-electron chi connectivity index (χ0n) is 9.37. The second-order valence-electron chi connectivity index (χ2n) is 4.50. The average molecular weight is 390 g/mol. The summed E-state index contributed by atoms with van der Waals surface area (Å²) in [5.41, 5.74) is 0.768. The SMILES string of the molecule is O=c1c2cc(Br)cc(Br)c2[nH]c(=S)n1C1CCC1. The van der Waals surface area contributed by atoms with Crippen LogP contribution in [-0.4, -0.2) is 9.55 Å². The van der Waals surface area contributed by atoms with E-state index in [2.05, 4.69) is 36.8 Å². The molecule has 94 valence electrons. The van der Waals surface area contributed by atoms with Gasteiger partial charge in [0.15, 0.2) is 4.77 Å². The Morgan fingerprint density at radius 1 is 1.33 bits per heavy atom. The summed E-state index contributed by atoms with van der Waals surface area (Å²) in [6, 6.07) is 4.01. The minimum Gasteiger partial charge on any atom is -0.331 e. The molecule has 1 heterocycles. The Kier molecular flexibility index (Phi) is 3.20. The van der Waals surface area contributed by atoms with Gasteiger partial charge in [0.05, 0.1) is 10.9 Å². The third-order valence-corrected chi connectivity index (χ3v) is 4.78. The lowest BCUT2D eigenvalue weighted by Gasteiger charge is -2.27. The lowest BCUT2D eigenvalue weighted by molar-refractivity contribution is 0.302. The molecule has 1 fully saturated rings. The smallest absolute Gasteiger partial charge is 0.262 e. The van der Waals surface area contributed by atoms with Crippen LogP contribution in [0.5, 0.6) is 0 Å². The molecule has 0 unspecified atom stereocenters. The van der Waals surface area contributed by atoms with Crippen molar-refractivity contribution < 1.29 is 0 Å². The van der Waals surface area contributed by atoms with Gasteiger partial charge >= 0.3 is 0 Å². The van der Waals surface area contributed by atoms with Crippen molar-refractivity contribution in [2.24, 2.45) is 0 Å². The lowest BCUT2D eigenvalue weighted by atomic mass is 9.93. The monoisotopic (exact) mass is 388 g/mol. The maximum atomic E-state index is 12.5. The van der Waals surface area contributed by atoms with Gasteiger partial charge in [0.1, 0.15) is 0 Å². The van der Waals surface area contributed by atoms with Crippen LogP contribution >= 0.6 is 44.1 Å². The number of nitrogens with one attached hydrogen (secondary N) is 1. The molecular formula is C12H10Br2N2OS. The largest absolute Gasteiger partial charge is 0.331 e. The topological polar surface area (TPSA) is 37.8 Å². The van der Waals surface area contributed by atoms with E-state index in [-0.39, 0.29) is 11.6 Å². The van der Waals surface area contributed by atoms with Crippen molar-refractivity contribution in [3.05, 3.63) is 36.2 Å². The van der Waals surface area contributed by atoms with E-state index in [0.29, 0.717) is 10.2 Å². The van der Waals surface area contributed by atoms with Crippen LogP contribution in [0.15, 0.2) is 25.9 Å². The van der Waals surface area contributed by atoms with Crippen molar-refractivity contribution >= 4 is 55.0 Å². The number of aromatic nitrogens is 2. The number of H-pyrrole nitrogens is 1. The Bertz CT molecular complexity index is 746. The molecule has 0 amide bonds. The Morgan fingerprint density at radius 2 is 2.06 bits per heavy atom. The van der Waals surface area contributed by atoms with Crippen molar-refractivity contribution in [1.82, 2.24) is 9.55 Å². The highest BCUT2D eigenvalue weighted by molar-refractivity contribution is 9.11. The molecule has 0 aliphatic heterocycles. The zero-order chi connectivity index (χ0) is 12.9. The van der Waals surface area contributed by atoms with E-state index in [9.17, 15) is 4.79 Å². The van der Waals surface area contributed by atoms with Gasteiger partial charge in [-0.25, -0.2) is 0 Å². The van der Waals surface area contributed by atoms with Crippen LogP contribution in [0.25, 0.3) is 10.9 Å². The van der Waals surface area contributed by atoms with Gasteiger partial charge in [-0.2, -0.15) is 0 Å². The molecule has 0 radical (unpaired) electrons. The molecule has 3 nitrogen and oxygen atoms in total. The molecule has 3 rings (SSSR count). The minimum atomic E-state index is 0.000417. The summed E-state index contributed by atoms with van der Waals surface area (Å²) in [6.07, 6.45) is 3.25. The molecule has 6 heteroatoms. The maximum Gasteiger partial charge on any atom is 0.262 e. The fraction of sp³-hybridized carbons (Fsp3) is 0.333.